The van der Waals surface area contributed by atoms with Gasteiger partial charge in [-0.1, -0.05) is 49.8 Å². The van der Waals surface area contributed by atoms with Crippen molar-refractivity contribution in [2.75, 3.05) is 5.32 Å². The van der Waals surface area contributed by atoms with Gasteiger partial charge in [0, 0.05) is 23.4 Å². The van der Waals surface area contributed by atoms with Crippen molar-refractivity contribution in [1.82, 2.24) is 14.3 Å². The molecule has 4 rings (SSSR count). The standard InChI is InChI=1S/C26H33ClN4O4/c1-26(2,34)17-30-12-11-23(29-30)28-25(33)22(13-18-7-4-3-5-8-18)31-16-21(15-24(31)32)35-20-10-6-9-19(27)14-20/h6,9-12,14-16,18,22,32,34H,3-5,7-8,13,17H2,1-2H3,(H,28,29,33)/t22-/m0/s1. The van der Waals surface area contributed by atoms with Crippen LogP contribution in [0, 0.1) is 5.92 Å². The summed E-state index contributed by atoms with van der Waals surface area (Å²) in [5, 5.41) is 28.6. The molecule has 0 radical (unpaired) electrons. The Hall–Kier alpha value is -2.97. The number of hydrogen-bond donors (Lipinski definition) is 3. The second-order valence-electron chi connectivity index (χ2n) is 9.96. The van der Waals surface area contributed by atoms with E-state index in [1.54, 1.807) is 65.8 Å². The maximum atomic E-state index is 13.4. The second-order valence-corrected chi connectivity index (χ2v) is 10.4. The van der Waals surface area contributed by atoms with Crippen LogP contribution in [0.3, 0.4) is 0 Å². The van der Waals surface area contributed by atoms with Gasteiger partial charge in [-0.05, 0) is 44.4 Å². The van der Waals surface area contributed by atoms with Crippen molar-refractivity contribution < 1.29 is 19.7 Å². The topological polar surface area (TPSA) is 102 Å². The monoisotopic (exact) mass is 500 g/mol. The Morgan fingerprint density at radius 1 is 1.23 bits per heavy atom. The van der Waals surface area contributed by atoms with E-state index in [0.29, 0.717) is 41.2 Å². The number of nitrogens with one attached hydrogen (secondary N) is 1. The first kappa shape index (κ1) is 25.1. The number of anilines is 1. The van der Waals surface area contributed by atoms with Gasteiger partial charge >= 0.3 is 0 Å². The number of aromatic nitrogens is 3. The van der Waals surface area contributed by atoms with Crippen LogP contribution in [-0.4, -0.2) is 36.1 Å². The maximum absolute atomic E-state index is 13.4. The molecule has 9 heteroatoms. The molecule has 0 aliphatic heterocycles. The number of carbonyl (C=O) groups excluding carboxylic acids is 1. The minimum Gasteiger partial charge on any atom is -0.494 e. The molecule has 1 aliphatic rings. The largest absolute Gasteiger partial charge is 0.494 e. The van der Waals surface area contributed by atoms with Gasteiger partial charge in [0.1, 0.15) is 17.5 Å². The van der Waals surface area contributed by atoms with E-state index in [1.165, 1.54) is 12.5 Å². The van der Waals surface area contributed by atoms with Crippen LogP contribution in [0.15, 0.2) is 48.8 Å². The molecular formula is C26H33ClN4O4. The number of rotatable bonds is 9. The molecule has 3 aromatic rings. The van der Waals surface area contributed by atoms with Crippen molar-refractivity contribution in [3.63, 3.8) is 0 Å². The number of benzene rings is 1. The summed E-state index contributed by atoms with van der Waals surface area (Å²) in [6.07, 6.45) is 9.63. The summed E-state index contributed by atoms with van der Waals surface area (Å²) in [6, 6.07) is 9.57. The third kappa shape index (κ3) is 7.02. The van der Waals surface area contributed by atoms with Gasteiger partial charge in [-0.25, -0.2) is 0 Å². The lowest BCUT2D eigenvalue weighted by atomic mass is 9.84. The number of halogens is 1. The van der Waals surface area contributed by atoms with Crippen molar-refractivity contribution in [1.29, 1.82) is 0 Å². The van der Waals surface area contributed by atoms with Crippen LogP contribution in [0.25, 0.3) is 0 Å². The molecule has 1 aliphatic carbocycles. The Bertz CT molecular complexity index is 1140. The van der Waals surface area contributed by atoms with Gasteiger partial charge in [-0.15, -0.1) is 0 Å². The molecule has 1 aromatic carbocycles. The summed E-state index contributed by atoms with van der Waals surface area (Å²) in [6.45, 7) is 3.70. The number of ether oxygens (including phenoxy) is 1. The molecule has 0 saturated heterocycles. The fourth-order valence-corrected chi connectivity index (χ4v) is 4.80. The number of carbonyl (C=O) groups is 1. The zero-order valence-electron chi connectivity index (χ0n) is 20.2. The van der Waals surface area contributed by atoms with Crippen LogP contribution in [-0.2, 0) is 11.3 Å². The van der Waals surface area contributed by atoms with Crippen LogP contribution in [0.5, 0.6) is 17.4 Å². The minimum atomic E-state index is -0.923. The Labute approximate surface area is 210 Å². The van der Waals surface area contributed by atoms with Crippen LogP contribution < -0.4 is 10.1 Å². The Morgan fingerprint density at radius 3 is 2.71 bits per heavy atom. The van der Waals surface area contributed by atoms with E-state index in [1.807, 2.05) is 0 Å². The zero-order chi connectivity index (χ0) is 25.0. The van der Waals surface area contributed by atoms with Crippen LogP contribution in [0.2, 0.25) is 5.02 Å². The molecular weight excluding hydrogens is 468 g/mol. The number of amides is 1. The highest BCUT2D eigenvalue weighted by Gasteiger charge is 2.29. The summed E-state index contributed by atoms with van der Waals surface area (Å²) in [4.78, 5) is 13.4. The first-order chi connectivity index (χ1) is 16.7. The summed E-state index contributed by atoms with van der Waals surface area (Å²) in [5.41, 5.74) is -0.923. The number of nitrogens with zero attached hydrogens (tertiary/aromatic N) is 3. The van der Waals surface area contributed by atoms with Crippen molar-refractivity contribution in [2.24, 2.45) is 5.92 Å². The first-order valence-corrected chi connectivity index (χ1v) is 12.4. The fourth-order valence-electron chi connectivity index (χ4n) is 4.62. The summed E-state index contributed by atoms with van der Waals surface area (Å²) < 4.78 is 9.03. The lowest BCUT2D eigenvalue weighted by Crippen LogP contribution is -2.29. The van der Waals surface area contributed by atoms with Crippen LogP contribution >= 0.6 is 11.6 Å². The van der Waals surface area contributed by atoms with Crippen molar-refractivity contribution in [3.8, 4) is 17.4 Å². The van der Waals surface area contributed by atoms with Crippen molar-refractivity contribution >= 4 is 23.3 Å². The third-order valence-electron chi connectivity index (χ3n) is 6.19. The van der Waals surface area contributed by atoms with Gasteiger partial charge in [-0.2, -0.15) is 5.10 Å². The average Bonchev–Trinajstić information content (AvgIpc) is 3.37. The van der Waals surface area contributed by atoms with Gasteiger partial charge in [-0.3, -0.25) is 9.48 Å². The van der Waals surface area contributed by atoms with E-state index in [0.717, 1.165) is 25.7 Å². The molecule has 2 aromatic heterocycles. The lowest BCUT2D eigenvalue weighted by molar-refractivity contribution is -0.120. The molecule has 1 saturated carbocycles. The molecule has 3 N–H and O–H groups in total. The maximum Gasteiger partial charge on any atom is 0.248 e. The van der Waals surface area contributed by atoms with Gasteiger partial charge in [0.2, 0.25) is 5.91 Å². The van der Waals surface area contributed by atoms with E-state index in [2.05, 4.69) is 10.4 Å². The van der Waals surface area contributed by atoms with Gasteiger partial charge in [0.15, 0.2) is 11.7 Å². The lowest BCUT2D eigenvalue weighted by Gasteiger charge is -2.27. The van der Waals surface area contributed by atoms with Crippen molar-refractivity contribution in [3.05, 3.63) is 53.8 Å². The molecule has 1 atom stereocenters. The highest BCUT2D eigenvalue weighted by molar-refractivity contribution is 6.30. The van der Waals surface area contributed by atoms with Crippen LogP contribution in [0.4, 0.5) is 5.82 Å². The summed E-state index contributed by atoms with van der Waals surface area (Å²) in [7, 11) is 0. The average molecular weight is 501 g/mol. The molecule has 1 fully saturated rings. The molecule has 0 spiro atoms. The highest BCUT2D eigenvalue weighted by Crippen LogP contribution is 2.36. The van der Waals surface area contributed by atoms with Crippen molar-refractivity contribution in [2.45, 2.75) is 70.6 Å². The third-order valence-corrected chi connectivity index (χ3v) is 6.43. The summed E-state index contributed by atoms with van der Waals surface area (Å²) >= 11 is 6.05. The Morgan fingerprint density at radius 2 is 2.00 bits per heavy atom. The summed E-state index contributed by atoms with van der Waals surface area (Å²) in [5.74, 6) is 1.44. The van der Waals surface area contributed by atoms with Crippen LogP contribution in [0.1, 0.15) is 58.4 Å². The SMILES string of the molecule is CC(C)(O)Cn1ccc(NC(=O)[C@H](CC2CCCCC2)n2cc(Oc3cccc(Cl)c3)cc2O)n1. The smallest absolute Gasteiger partial charge is 0.248 e. The zero-order valence-corrected chi connectivity index (χ0v) is 20.9. The number of aromatic hydroxyl groups is 1. The molecule has 1 amide bonds. The van der Waals surface area contributed by atoms with E-state index in [4.69, 9.17) is 16.3 Å². The highest BCUT2D eigenvalue weighted by atomic mass is 35.5. The Kier molecular flexibility index (Phi) is 7.72. The predicted molar refractivity (Wildman–Crippen MR) is 135 cm³/mol. The van der Waals surface area contributed by atoms with Gasteiger partial charge in [0.25, 0.3) is 0 Å². The van der Waals surface area contributed by atoms with E-state index in [9.17, 15) is 15.0 Å². The fraction of sp³-hybridized carbons (Fsp3) is 0.462. The first-order valence-electron chi connectivity index (χ1n) is 12.1. The number of aliphatic hydroxyl groups is 1. The second kappa shape index (κ2) is 10.7. The normalized spacial score (nSPS) is 15.7. The molecule has 188 valence electrons. The molecule has 35 heavy (non-hydrogen) atoms. The quantitative estimate of drug-likeness (QED) is 0.347. The van der Waals surface area contributed by atoms with Gasteiger partial charge in [0.05, 0.1) is 18.3 Å². The van der Waals surface area contributed by atoms with E-state index < -0.39 is 11.6 Å². The molecule has 2 heterocycles. The molecule has 0 bridgehead atoms. The van der Waals surface area contributed by atoms with E-state index in [-0.39, 0.29) is 11.8 Å². The molecule has 0 unspecified atom stereocenters. The predicted octanol–water partition coefficient (Wildman–Crippen LogP) is 5.76. The minimum absolute atomic E-state index is 0.0504. The molecule has 8 nitrogen and oxygen atoms in total. The van der Waals surface area contributed by atoms with Gasteiger partial charge < -0.3 is 24.8 Å². The Balaban J connectivity index is 1.54. The number of hydrogen-bond acceptors (Lipinski definition) is 5. The van der Waals surface area contributed by atoms with E-state index >= 15 is 0 Å².